The topological polar surface area (TPSA) is 79.7 Å². The zero-order valence-electron chi connectivity index (χ0n) is 22.5. The fourth-order valence-corrected chi connectivity index (χ4v) is 4.81. The van der Waals surface area contributed by atoms with Crippen molar-refractivity contribution < 1.29 is 19.4 Å². The molecule has 1 atom stereocenters. The van der Waals surface area contributed by atoms with Gasteiger partial charge in [0.15, 0.2) is 0 Å². The summed E-state index contributed by atoms with van der Waals surface area (Å²) in [4.78, 5) is 32.6. The minimum Gasteiger partial charge on any atom is -0.507 e. The van der Waals surface area contributed by atoms with Crippen LogP contribution < -0.4 is 9.64 Å². The molecule has 6 nitrogen and oxygen atoms in total. The Hall–Kier alpha value is -3.93. The van der Waals surface area contributed by atoms with Crippen LogP contribution in [0.4, 0.5) is 5.69 Å². The third-order valence-electron chi connectivity index (χ3n) is 6.93. The lowest BCUT2D eigenvalue weighted by Crippen LogP contribution is -2.29. The number of ether oxygens (including phenoxy) is 1. The average molecular weight is 499 g/mol. The quantitative estimate of drug-likeness (QED) is 0.249. The minimum atomic E-state index is -0.799. The number of Topliss-reactive ketones (excluding diaryl/α,β-unsaturated/α-hetero) is 1. The summed E-state index contributed by atoms with van der Waals surface area (Å²) in [5.74, 6) is -0.755. The number of anilines is 1. The molecule has 6 heteroatoms. The summed E-state index contributed by atoms with van der Waals surface area (Å²) in [5, 5.41) is 11.6. The van der Waals surface area contributed by atoms with Gasteiger partial charge in [-0.05, 0) is 76.9 Å². The monoisotopic (exact) mass is 498 g/mol. The number of ketones is 1. The number of amides is 1. The van der Waals surface area contributed by atoms with Crippen LogP contribution in [0.25, 0.3) is 5.76 Å². The van der Waals surface area contributed by atoms with Gasteiger partial charge in [0.2, 0.25) is 0 Å². The van der Waals surface area contributed by atoms with Crippen LogP contribution >= 0.6 is 0 Å². The first-order valence-electron chi connectivity index (χ1n) is 12.5. The van der Waals surface area contributed by atoms with Gasteiger partial charge in [-0.25, -0.2) is 0 Å². The molecule has 0 aliphatic carbocycles. The number of nitrogens with zero attached hydrogens (tertiary/aromatic N) is 2. The molecule has 0 radical (unpaired) electrons. The molecule has 0 bridgehead atoms. The van der Waals surface area contributed by atoms with Crippen molar-refractivity contribution in [3.8, 4) is 5.75 Å². The van der Waals surface area contributed by atoms with Crippen molar-refractivity contribution in [2.24, 2.45) is 0 Å². The van der Waals surface area contributed by atoms with Crippen LogP contribution in [0.3, 0.4) is 0 Å². The van der Waals surface area contributed by atoms with Gasteiger partial charge in [-0.15, -0.1) is 0 Å². The number of rotatable bonds is 5. The van der Waals surface area contributed by atoms with Crippen LogP contribution in [-0.2, 0) is 15.0 Å². The summed E-state index contributed by atoms with van der Waals surface area (Å²) < 4.78 is 5.55. The molecule has 192 valence electrons. The molecule has 1 aliphatic rings. The van der Waals surface area contributed by atoms with Crippen molar-refractivity contribution in [2.45, 2.75) is 58.9 Å². The first-order valence-corrected chi connectivity index (χ1v) is 12.5. The van der Waals surface area contributed by atoms with E-state index in [1.165, 1.54) is 4.90 Å². The Morgan fingerprint density at radius 3 is 2.19 bits per heavy atom. The molecule has 1 unspecified atom stereocenters. The van der Waals surface area contributed by atoms with Crippen molar-refractivity contribution >= 4 is 23.1 Å². The SMILES string of the molecule is COc1cc(C)c(/C(O)=C2\C(=O)C(=O)N(c3ccc(C(C)(C)C)cc3)C2c2ccncc2)cc1C(C)C. The number of aromatic nitrogens is 1. The first-order chi connectivity index (χ1) is 17.5. The van der Waals surface area contributed by atoms with E-state index in [1.54, 1.807) is 31.6 Å². The lowest BCUT2D eigenvalue weighted by molar-refractivity contribution is -0.132. The summed E-state index contributed by atoms with van der Waals surface area (Å²) in [6.45, 7) is 12.3. The van der Waals surface area contributed by atoms with E-state index in [2.05, 4.69) is 25.8 Å². The van der Waals surface area contributed by atoms with E-state index < -0.39 is 17.7 Å². The van der Waals surface area contributed by atoms with Gasteiger partial charge in [-0.2, -0.15) is 0 Å². The van der Waals surface area contributed by atoms with Crippen LogP contribution in [-0.4, -0.2) is 28.9 Å². The lowest BCUT2D eigenvalue weighted by atomic mass is 9.87. The molecule has 3 aromatic rings. The Balaban J connectivity index is 1.94. The highest BCUT2D eigenvalue weighted by Crippen LogP contribution is 2.43. The Morgan fingerprint density at radius 2 is 1.65 bits per heavy atom. The molecular formula is C31H34N2O4. The van der Waals surface area contributed by atoms with E-state index in [4.69, 9.17) is 4.74 Å². The predicted molar refractivity (Wildman–Crippen MR) is 146 cm³/mol. The second kappa shape index (κ2) is 9.85. The van der Waals surface area contributed by atoms with E-state index in [0.717, 1.165) is 16.7 Å². The van der Waals surface area contributed by atoms with Gasteiger partial charge in [-0.1, -0.05) is 46.8 Å². The fourth-order valence-electron chi connectivity index (χ4n) is 4.81. The molecule has 37 heavy (non-hydrogen) atoms. The lowest BCUT2D eigenvalue weighted by Gasteiger charge is -2.27. The van der Waals surface area contributed by atoms with Gasteiger partial charge in [0.25, 0.3) is 11.7 Å². The van der Waals surface area contributed by atoms with Crippen molar-refractivity contribution in [3.63, 3.8) is 0 Å². The summed E-state index contributed by atoms with van der Waals surface area (Å²) in [7, 11) is 1.61. The summed E-state index contributed by atoms with van der Waals surface area (Å²) >= 11 is 0. The number of aryl methyl sites for hydroxylation is 1. The predicted octanol–water partition coefficient (Wildman–Crippen LogP) is 6.45. The number of methoxy groups -OCH3 is 1. The standard InChI is InChI=1S/C31H34N2O4/c1-18(2)23-17-24(19(3)16-25(23)37-7)28(34)26-27(20-12-14-32-15-13-20)33(30(36)29(26)35)22-10-8-21(9-11-22)31(4,5)6/h8-18,27,34H,1-7H3/b28-26+. The Labute approximate surface area is 218 Å². The Morgan fingerprint density at radius 1 is 1.03 bits per heavy atom. The highest BCUT2D eigenvalue weighted by molar-refractivity contribution is 6.51. The van der Waals surface area contributed by atoms with E-state index in [-0.39, 0.29) is 22.7 Å². The van der Waals surface area contributed by atoms with Crippen molar-refractivity contribution in [2.75, 3.05) is 12.0 Å². The molecule has 0 spiro atoms. The molecule has 2 aromatic carbocycles. The van der Waals surface area contributed by atoms with Crippen LogP contribution in [0.15, 0.2) is 66.5 Å². The molecule has 1 N–H and O–H groups in total. The molecule has 1 aliphatic heterocycles. The number of carbonyl (C=O) groups excluding carboxylic acids is 2. The number of hydrogen-bond donors (Lipinski definition) is 1. The minimum absolute atomic E-state index is 0.0547. The molecule has 1 fully saturated rings. The zero-order valence-corrected chi connectivity index (χ0v) is 22.5. The molecule has 2 heterocycles. The van der Waals surface area contributed by atoms with Gasteiger partial charge in [-0.3, -0.25) is 19.5 Å². The van der Waals surface area contributed by atoms with E-state index >= 15 is 0 Å². The van der Waals surface area contributed by atoms with Crippen molar-refractivity contribution in [1.82, 2.24) is 4.98 Å². The van der Waals surface area contributed by atoms with Gasteiger partial charge < -0.3 is 9.84 Å². The number of hydrogen-bond acceptors (Lipinski definition) is 5. The maximum atomic E-state index is 13.5. The van der Waals surface area contributed by atoms with E-state index in [1.807, 2.05) is 57.2 Å². The third kappa shape index (κ3) is 4.76. The summed E-state index contributed by atoms with van der Waals surface area (Å²) in [6.07, 6.45) is 3.24. The third-order valence-corrected chi connectivity index (χ3v) is 6.93. The van der Waals surface area contributed by atoms with E-state index in [9.17, 15) is 14.7 Å². The number of pyridine rings is 1. The van der Waals surface area contributed by atoms with Gasteiger partial charge in [0.05, 0.1) is 18.7 Å². The molecule has 4 rings (SSSR count). The van der Waals surface area contributed by atoms with E-state index in [0.29, 0.717) is 22.6 Å². The highest BCUT2D eigenvalue weighted by Gasteiger charge is 2.47. The van der Waals surface area contributed by atoms with Gasteiger partial charge >= 0.3 is 0 Å². The largest absolute Gasteiger partial charge is 0.507 e. The smallest absolute Gasteiger partial charge is 0.300 e. The van der Waals surface area contributed by atoms with Crippen LogP contribution in [0.1, 0.15) is 74.4 Å². The highest BCUT2D eigenvalue weighted by atomic mass is 16.5. The second-order valence-corrected chi connectivity index (χ2v) is 10.8. The first kappa shape index (κ1) is 26.1. The van der Waals surface area contributed by atoms with Crippen molar-refractivity contribution in [1.29, 1.82) is 0 Å². The number of aliphatic hydroxyl groups is 1. The average Bonchev–Trinajstić information content (AvgIpc) is 3.13. The fraction of sp³-hybridized carbons (Fsp3) is 0.323. The van der Waals surface area contributed by atoms with Gasteiger partial charge in [0.1, 0.15) is 11.5 Å². The molecule has 0 saturated carbocycles. The number of aliphatic hydroxyl groups excluding tert-OH is 1. The maximum absolute atomic E-state index is 13.5. The summed E-state index contributed by atoms with van der Waals surface area (Å²) in [6, 6.07) is 14.1. The van der Waals surface area contributed by atoms with Crippen LogP contribution in [0, 0.1) is 6.92 Å². The molecule has 1 saturated heterocycles. The number of benzene rings is 2. The van der Waals surface area contributed by atoms with Crippen LogP contribution in [0.2, 0.25) is 0 Å². The normalized spacial score (nSPS) is 17.5. The zero-order chi connectivity index (χ0) is 27.1. The number of carbonyl (C=O) groups is 2. The van der Waals surface area contributed by atoms with Gasteiger partial charge in [0, 0.05) is 23.6 Å². The molecule has 1 amide bonds. The molecular weight excluding hydrogens is 464 g/mol. The summed E-state index contributed by atoms with van der Waals surface area (Å²) in [5.41, 5.74) is 4.54. The maximum Gasteiger partial charge on any atom is 0.300 e. The Bertz CT molecular complexity index is 1370. The second-order valence-electron chi connectivity index (χ2n) is 10.8. The van der Waals surface area contributed by atoms with Crippen LogP contribution in [0.5, 0.6) is 5.75 Å². The Kier molecular flexibility index (Phi) is 6.96. The molecule has 1 aromatic heterocycles. The van der Waals surface area contributed by atoms with Crippen molar-refractivity contribution in [3.05, 3.63) is 94.3 Å².